The van der Waals surface area contributed by atoms with E-state index in [1.165, 1.54) is 46.7 Å². The third kappa shape index (κ3) is 5.79. The minimum absolute atomic E-state index is 0. The zero-order valence-electron chi connectivity index (χ0n) is 19.8. The quantitative estimate of drug-likeness (QED) is 0.387. The van der Waals surface area contributed by atoms with Gasteiger partial charge < -0.3 is 5.32 Å². The van der Waals surface area contributed by atoms with Crippen LogP contribution in [0.2, 0.25) is 5.02 Å². The molecule has 0 unspecified atom stereocenters. The molecule has 2 heterocycles. The molecule has 12 heteroatoms. The first-order chi connectivity index (χ1) is 18.1. The number of rotatable bonds is 7. The Hall–Kier alpha value is -3.44. The highest BCUT2D eigenvalue weighted by atomic mass is 35.5. The van der Waals surface area contributed by atoms with Crippen LogP contribution in [0.15, 0.2) is 60.1 Å². The van der Waals surface area contributed by atoms with Crippen LogP contribution in [0.3, 0.4) is 0 Å². The van der Waals surface area contributed by atoms with Gasteiger partial charge >= 0.3 is 0 Å². The van der Waals surface area contributed by atoms with Crippen LogP contribution in [0.5, 0.6) is 0 Å². The molecule has 1 saturated carbocycles. The first-order valence-electron chi connectivity index (χ1n) is 11.9. The number of carbonyl (C=O) groups excluding carboxylic acids is 3. The summed E-state index contributed by atoms with van der Waals surface area (Å²) in [4.78, 5) is 47.3. The summed E-state index contributed by atoms with van der Waals surface area (Å²) in [6, 6.07) is 8.21. The van der Waals surface area contributed by atoms with Gasteiger partial charge in [-0.15, -0.1) is 11.3 Å². The van der Waals surface area contributed by atoms with E-state index in [0.29, 0.717) is 5.13 Å². The van der Waals surface area contributed by atoms with E-state index in [1.807, 2.05) is 0 Å². The van der Waals surface area contributed by atoms with Crippen LogP contribution in [0, 0.1) is 5.82 Å². The second-order valence-electron chi connectivity index (χ2n) is 9.21. The molecular weight excluding hydrogens is 553 g/mol. The number of thiazole rings is 1. The molecule has 0 spiro atoms. The van der Waals surface area contributed by atoms with Crippen LogP contribution in [-0.4, -0.2) is 40.7 Å². The SMILES string of the molecule is C.O=C(NC1CC(F)(F)C1)[C@H](c1ccccc1Cl)N(C(=O)[C@@H]1CCC(=O)N1c1nccs1)c1cccc(F)c1. The maximum Gasteiger partial charge on any atom is 0.252 e. The standard InChI is InChI=1S/C26H22ClF3N4O3S.CH4/c27-19-7-2-1-6-18(19)22(23(36)32-16-13-26(29,30)14-16)33(17-5-3-4-15(28)12-17)24(37)20-8-9-21(35)34(20)25-31-10-11-38-25;/h1-7,10-12,16,20,22H,8-9,13-14H2,(H,32,36);1H4/t20-,22-;/m0./s1. The number of nitrogens with zero attached hydrogens (tertiary/aromatic N) is 3. The predicted molar refractivity (Wildman–Crippen MR) is 144 cm³/mol. The summed E-state index contributed by atoms with van der Waals surface area (Å²) < 4.78 is 41.5. The van der Waals surface area contributed by atoms with Gasteiger partial charge in [-0.1, -0.05) is 43.3 Å². The molecule has 0 radical (unpaired) electrons. The number of hydrogen-bond acceptors (Lipinski definition) is 5. The molecule has 3 aromatic rings. The summed E-state index contributed by atoms with van der Waals surface area (Å²) in [5, 5.41) is 4.74. The van der Waals surface area contributed by atoms with Gasteiger partial charge in [-0.2, -0.15) is 0 Å². The Labute approximate surface area is 232 Å². The largest absolute Gasteiger partial charge is 0.351 e. The monoisotopic (exact) mass is 578 g/mol. The number of nitrogens with one attached hydrogen (secondary N) is 1. The highest BCUT2D eigenvalue weighted by Gasteiger charge is 2.48. The number of benzene rings is 2. The number of amides is 3. The number of anilines is 2. The first kappa shape index (κ1) is 28.6. The molecular formula is C27H26ClF3N4O3S. The van der Waals surface area contributed by atoms with Crippen LogP contribution in [-0.2, 0) is 14.4 Å². The average molecular weight is 579 g/mol. The van der Waals surface area contributed by atoms with Crippen molar-refractivity contribution in [2.24, 2.45) is 0 Å². The maximum atomic E-state index is 14.4. The molecule has 2 aliphatic rings. The van der Waals surface area contributed by atoms with Gasteiger partial charge in [0.15, 0.2) is 5.13 Å². The second-order valence-corrected chi connectivity index (χ2v) is 10.5. The second kappa shape index (κ2) is 11.4. The van der Waals surface area contributed by atoms with Crippen LogP contribution >= 0.6 is 22.9 Å². The van der Waals surface area contributed by atoms with Crippen LogP contribution in [0.1, 0.15) is 44.7 Å². The average Bonchev–Trinajstić information content (AvgIpc) is 3.51. The van der Waals surface area contributed by atoms with Gasteiger partial charge in [0.1, 0.15) is 17.9 Å². The molecule has 2 atom stereocenters. The summed E-state index contributed by atoms with van der Waals surface area (Å²) in [6.45, 7) is 0. The smallest absolute Gasteiger partial charge is 0.252 e. The predicted octanol–water partition coefficient (Wildman–Crippen LogP) is 5.76. The summed E-state index contributed by atoms with van der Waals surface area (Å²) in [6.07, 6.45) is 0.668. The van der Waals surface area contributed by atoms with Crippen LogP contribution in [0.4, 0.5) is 24.0 Å². The third-order valence-corrected chi connectivity index (χ3v) is 7.70. The fourth-order valence-electron chi connectivity index (χ4n) is 4.82. The number of aromatic nitrogens is 1. The molecule has 2 aromatic carbocycles. The highest BCUT2D eigenvalue weighted by Crippen LogP contribution is 2.40. The van der Waals surface area contributed by atoms with Crippen molar-refractivity contribution in [1.29, 1.82) is 0 Å². The van der Waals surface area contributed by atoms with Gasteiger partial charge in [-0.05, 0) is 30.7 Å². The topological polar surface area (TPSA) is 82.6 Å². The Morgan fingerprint density at radius 2 is 1.92 bits per heavy atom. The van der Waals surface area contributed by atoms with Crippen molar-refractivity contribution in [3.8, 4) is 0 Å². The van der Waals surface area contributed by atoms with Crippen LogP contribution < -0.4 is 15.1 Å². The van der Waals surface area contributed by atoms with E-state index in [4.69, 9.17) is 11.6 Å². The molecule has 1 N–H and O–H groups in total. The summed E-state index contributed by atoms with van der Waals surface area (Å²) in [5.74, 6) is -5.25. The lowest BCUT2D eigenvalue weighted by molar-refractivity contribution is -0.133. The summed E-state index contributed by atoms with van der Waals surface area (Å²) in [7, 11) is 0. The van der Waals surface area contributed by atoms with Crippen molar-refractivity contribution in [2.45, 2.75) is 57.2 Å². The van der Waals surface area contributed by atoms with Gasteiger partial charge in [0.25, 0.3) is 11.8 Å². The minimum atomic E-state index is -2.88. The van der Waals surface area contributed by atoms with Crippen LogP contribution in [0.25, 0.3) is 0 Å². The molecule has 1 aromatic heterocycles. The molecule has 206 valence electrons. The molecule has 0 bridgehead atoms. The number of halogens is 4. The molecule has 1 aliphatic carbocycles. The molecule has 1 aliphatic heterocycles. The molecule has 7 nitrogen and oxygen atoms in total. The van der Waals surface area contributed by atoms with E-state index < -0.39 is 54.5 Å². The molecule has 2 fully saturated rings. The van der Waals surface area contributed by atoms with E-state index in [1.54, 1.807) is 23.6 Å². The minimum Gasteiger partial charge on any atom is -0.351 e. The van der Waals surface area contributed by atoms with Gasteiger partial charge in [0.2, 0.25) is 11.8 Å². The molecule has 3 amide bonds. The van der Waals surface area contributed by atoms with Gasteiger partial charge in [-0.3, -0.25) is 24.2 Å². The van der Waals surface area contributed by atoms with E-state index in [9.17, 15) is 27.6 Å². The van der Waals surface area contributed by atoms with Crippen molar-refractivity contribution in [3.05, 3.63) is 76.5 Å². The highest BCUT2D eigenvalue weighted by molar-refractivity contribution is 7.13. The lowest BCUT2D eigenvalue weighted by atomic mass is 9.87. The normalized spacial score (nSPS) is 19.1. The number of carbonyl (C=O) groups is 3. The van der Waals surface area contributed by atoms with Gasteiger partial charge in [-0.25, -0.2) is 18.2 Å². The Kier molecular flexibility index (Phi) is 8.31. The van der Waals surface area contributed by atoms with Crippen molar-refractivity contribution in [2.75, 3.05) is 9.80 Å². The summed E-state index contributed by atoms with van der Waals surface area (Å²) in [5.41, 5.74) is 0.271. The Morgan fingerprint density at radius 1 is 1.18 bits per heavy atom. The van der Waals surface area contributed by atoms with Gasteiger partial charge in [0, 0.05) is 53.2 Å². The lowest BCUT2D eigenvalue weighted by Gasteiger charge is -2.39. The van der Waals surface area contributed by atoms with Crippen molar-refractivity contribution >= 4 is 51.5 Å². The Balaban J connectivity index is 0.00000353. The Morgan fingerprint density at radius 3 is 2.56 bits per heavy atom. The Bertz CT molecular complexity index is 1370. The van der Waals surface area contributed by atoms with E-state index in [2.05, 4.69) is 10.3 Å². The molecule has 39 heavy (non-hydrogen) atoms. The zero-order chi connectivity index (χ0) is 27.0. The van der Waals surface area contributed by atoms with Crippen molar-refractivity contribution in [3.63, 3.8) is 0 Å². The third-order valence-electron chi connectivity index (χ3n) is 6.59. The van der Waals surface area contributed by atoms with Crippen molar-refractivity contribution in [1.82, 2.24) is 10.3 Å². The zero-order valence-corrected chi connectivity index (χ0v) is 21.4. The first-order valence-corrected chi connectivity index (χ1v) is 13.1. The van der Waals surface area contributed by atoms with Gasteiger partial charge in [0.05, 0.1) is 0 Å². The molecule has 1 saturated heterocycles. The number of alkyl halides is 2. The summed E-state index contributed by atoms with van der Waals surface area (Å²) >= 11 is 7.65. The maximum absolute atomic E-state index is 14.4. The van der Waals surface area contributed by atoms with Crippen molar-refractivity contribution < 1.29 is 27.6 Å². The number of hydrogen-bond donors (Lipinski definition) is 1. The lowest BCUT2D eigenvalue weighted by Crippen LogP contribution is -2.56. The fourth-order valence-corrected chi connectivity index (χ4v) is 5.77. The molecule has 5 rings (SSSR count). The van der Waals surface area contributed by atoms with E-state index in [0.717, 1.165) is 11.0 Å². The van der Waals surface area contributed by atoms with E-state index in [-0.39, 0.29) is 42.4 Å². The fraction of sp³-hybridized carbons (Fsp3) is 0.333. The van der Waals surface area contributed by atoms with E-state index >= 15 is 0 Å².